The minimum atomic E-state index is -0.251. The monoisotopic (exact) mass is 291 g/mol. The number of aryl methyl sites for hydroxylation is 1. The van der Waals surface area contributed by atoms with Crippen LogP contribution in [0.4, 0.5) is 0 Å². The van der Waals surface area contributed by atoms with Crippen molar-refractivity contribution in [2.24, 2.45) is 0 Å². The van der Waals surface area contributed by atoms with Gasteiger partial charge < -0.3 is 15.0 Å². The Bertz CT molecular complexity index is 578. The zero-order valence-electron chi connectivity index (χ0n) is 12.2. The molecule has 1 amide bonds. The summed E-state index contributed by atoms with van der Waals surface area (Å²) in [6, 6.07) is 3.27. The molecule has 0 bridgehead atoms. The molecule has 2 aliphatic rings. The molecule has 0 aliphatic carbocycles. The first-order chi connectivity index (χ1) is 10.1. The average Bonchev–Trinajstić information content (AvgIpc) is 3.07. The van der Waals surface area contributed by atoms with Gasteiger partial charge in [0.15, 0.2) is 0 Å². The molecule has 2 atom stereocenters. The lowest BCUT2D eigenvalue weighted by Crippen LogP contribution is -2.50. The topological polar surface area (TPSA) is 74.4 Å². The van der Waals surface area contributed by atoms with Gasteiger partial charge in [-0.25, -0.2) is 0 Å². The number of aromatic nitrogens is 1. The summed E-state index contributed by atoms with van der Waals surface area (Å²) in [5, 5.41) is 3.02. The number of hydrogen-bond acceptors (Lipinski definition) is 4. The lowest BCUT2D eigenvalue weighted by Gasteiger charge is -2.27. The summed E-state index contributed by atoms with van der Waals surface area (Å²) in [5.41, 5.74) is 0.841. The summed E-state index contributed by atoms with van der Waals surface area (Å²) >= 11 is 0. The van der Waals surface area contributed by atoms with Crippen molar-refractivity contribution >= 4 is 5.91 Å². The molecule has 1 aromatic heterocycles. The van der Waals surface area contributed by atoms with Crippen LogP contribution in [0.1, 0.15) is 28.9 Å². The van der Waals surface area contributed by atoms with Gasteiger partial charge in [-0.1, -0.05) is 0 Å². The van der Waals surface area contributed by atoms with E-state index in [0.29, 0.717) is 24.5 Å². The van der Waals surface area contributed by atoms with Crippen molar-refractivity contribution in [2.45, 2.75) is 31.8 Å². The normalized spacial score (nSPS) is 26.1. The van der Waals surface area contributed by atoms with Crippen molar-refractivity contribution in [3.8, 4) is 0 Å². The molecule has 0 unspecified atom stereocenters. The van der Waals surface area contributed by atoms with E-state index in [-0.39, 0.29) is 23.6 Å². The number of likely N-dealkylation sites (tertiary alicyclic amines) is 1. The highest BCUT2D eigenvalue weighted by atomic mass is 16.5. The number of carbonyl (C=O) groups excluding carboxylic acids is 1. The highest BCUT2D eigenvalue weighted by molar-refractivity contribution is 5.94. The Hall–Kier alpha value is -1.66. The minimum Gasteiger partial charge on any atom is -0.378 e. The summed E-state index contributed by atoms with van der Waals surface area (Å²) in [4.78, 5) is 28.8. The number of nitrogens with one attached hydrogen (secondary N) is 2. The van der Waals surface area contributed by atoms with Crippen molar-refractivity contribution in [1.82, 2.24) is 15.2 Å². The Morgan fingerprint density at radius 3 is 2.81 bits per heavy atom. The third-order valence-corrected chi connectivity index (χ3v) is 4.22. The Morgan fingerprint density at radius 1 is 1.33 bits per heavy atom. The lowest BCUT2D eigenvalue weighted by atomic mass is 10.1. The number of carbonyl (C=O) groups is 1. The van der Waals surface area contributed by atoms with Crippen LogP contribution in [0.2, 0.25) is 0 Å². The molecule has 6 heteroatoms. The molecule has 0 radical (unpaired) electrons. The van der Waals surface area contributed by atoms with Crippen LogP contribution in [0.3, 0.4) is 0 Å². The first-order valence-electron chi connectivity index (χ1n) is 7.47. The average molecular weight is 291 g/mol. The van der Waals surface area contributed by atoms with E-state index in [0.717, 1.165) is 13.1 Å². The van der Waals surface area contributed by atoms with Gasteiger partial charge in [-0.3, -0.25) is 14.5 Å². The zero-order valence-corrected chi connectivity index (χ0v) is 12.2. The van der Waals surface area contributed by atoms with Crippen LogP contribution in [0.15, 0.2) is 16.9 Å². The molecule has 21 heavy (non-hydrogen) atoms. The summed E-state index contributed by atoms with van der Waals surface area (Å²) in [7, 11) is 0. The van der Waals surface area contributed by atoms with E-state index >= 15 is 0 Å². The summed E-state index contributed by atoms with van der Waals surface area (Å²) in [6.07, 6.45) is 2.43. The molecule has 2 saturated heterocycles. The van der Waals surface area contributed by atoms with E-state index in [1.165, 1.54) is 18.9 Å². The van der Waals surface area contributed by atoms with Crippen LogP contribution in [0, 0.1) is 6.92 Å². The molecule has 0 aromatic carbocycles. The van der Waals surface area contributed by atoms with Crippen LogP contribution in [0.25, 0.3) is 0 Å². The summed E-state index contributed by atoms with van der Waals surface area (Å²) in [5.74, 6) is -0.205. The molecular formula is C15H21N3O3. The van der Waals surface area contributed by atoms with Crippen molar-refractivity contribution in [3.63, 3.8) is 0 Å². The molecule has 1 aromatic rings. The standard InChI is InChI=1S/C15H21N3O3/c1-10-6-11(7-14(19)16-10)15(20)17-12-8-21-9-13(12)18-4-2-3-5-18/h6-7,12-13H,2-5,8-9H2,1H3,(H,16,19)(H,17,20)/t12-,13-/m0/s1. The van der Waals surface area contributed by atoms with Crippen LogP contribution in [-0.2, 0) is 4.74 Å². The number of amides is 1. The third-order valence-electron chi connectivity index (χ3n) is 4.22. The second kappa shape index (κ2) is 5.99. The number of pyridine rings is 1. The number of ether oxygens (including phenoxy) is 1. The highest BCUT2D eigenvalue weighted by Gasteiger charge is 2.35. The van der Waals surface area contributed by atoms with E-state index in [9.17, 15) is 9.59 Å². The first kappa shape index (κ1) is 14.3. The number of aromatic amines is 1. The molecule has 2 aliphatic heterocycles. The maximum absolute atomic E-state index is 12.3. The molecule has 114 valence electrons. The third kappa shape index (κ3) is 3.16. The molecule has 3 heterocycles. The predicted molar refractivity (Wildman–Crippen MR) is 78.5 cm³/mol. The van der Waals surface area contributed by atoms with Crippen LogP contribution < -0.4 is 10.9 Å². The second-order valence-corrected chi connectivity index (χ2v) is 5.84. The minimum absolute atomic E-state index is 0.00445. The molecule has 2 N–H and O–H groups in total. The fourth-order valence-corrected chi connectivity index (χ4v) is 3.18. The Kier molecular flexibility index (Phi) is 4.07. The van der Waals surface area contributed by atoms with Gasteiger partial charge in [0.05, 0.1) is 25.3 Å². The van der Waals surface area contributed by atoms with Gasteiger partial charge in [0.1, 0.15) is 0 Å². The maximum atomic E-state index is 12.3. The van der Waals surface area contributed by atoms with Crippen molar-refractivity contribution < 1.29 is 9.53 Å². The molecule has 0 spiro atoms. The fourth-order valence-electron chi connectivity index (χ4n) is 3.18. The number of H-pyrrole nitrogens is 1. The quantitative estimate of drug-likeness (QED) is 0.838. The van der Waals surface area contributed by atoms with Crippen molar-refractivity contribution in [1.29, 1.82) is 0 Å². The number of hydrogen-bond donors (Lipinski definition) is 2. The molecule has 0 saturated carbocycles. The van der Waals surface area contributed by atoms with Gasteiger partial charge in [0.2, 0.25) is 5.56 Å². The maximum Gasteiger partial charge on any atom is 0.251 e. The Balaban J connectivity index is 1.69. The van der Waals surface area contributed by atoms with Gasteiger partial charge >= 0.3 is 0 Å². The Morgan fingerprint density at radius 2 is 2.10 bits per heavy atom. The van der Waals surface area contributed by atoms with E-state index in [1.807, 2.05) is 0 Å². The lowest BCUT2D eigenvalue weighted by molar-refractivity contribution is 0.0916. The van der Waals surface area contributed by atoms with E-state index < -0.39 is 0 Å². The first-order valence-corrected chi connectivity index (χ1v) is 7.47. The van der Waals surface area contributed by atoms with Gasteiger partial charge in [0.25, 0.3) is 5.91 Å². The van der Waals surface area contributed by atoms with Crippen LogP contribution in [-0.4, -0.2) is 54.2 Å². The fraction of sp³-hybridized carbons (Fsp3) is 0.600. The smallest absolute Gasteiger partial charge is 0.251 e. The molecule has 3 rings (SSSR count). The van der Waals surface area contributed by atoms with E-state index in [4.69, 9.17) is 4.74 Å². The van der Waals surface area contributed by atoms with Gasteiger partial charge in [-0.2, -0.15) is 0 Å². The second-order valence-electron chi connectivity index (χ2n) is 5.84. The van der Waals surface area contributed by atoms with Gasteiger partial charge in [-0.15, -0.1) is 0 Å². The molecule has 6 nitrogen and oxygen atoms in total. The van der Waals surface area contributed by atoms with Gasteiger partial charge in [-0.05, 0) is 38.9 Å². The summed E-state index contributed by atoms with van der Waals surface area (Å²) < 4.78 is 5.54. The summed E-state index contributed by atoms with van der Waals surface area (Å²) in [6.45, 7) is 5.12. The highest BCUT2D eigenvalue weighted by Crippen LogP contribution is 2.19. The molecular weight excluding hydrogens is 270 g/mol. The van der Waals surface area contributed by atoms with Crippen LogP contribution in [0.5, 0.6) is 0 Å². The Labute approximate surface area is 123 Å². The zero-order chi connectivity index (χ0) is 14.8. The van der Waals surface area contributed by atoms with Crippen molar-refractivity contribution in [2.75, 3.05) is 26.3 Å². The SMILES string of the molecule is Cc1cc(C(=O)N[C@H]2COC[C@@H]2N2CCCC2)cc(=O)[nH]1. The number of nitrogens with zero attached hydrogens (tertiary/aromatic N) is 1. The predicted octanol–water partition coefficient (Wildman–Crippen LogP) is 0.276. The van der Waals surface area contributed by atoms with E-state index in [2.05, 4.69) is 15.2 Å². The van der Waals surface area contributed by atoms with Crippen LogP contribution >= 0.6 is 0 Å². The van der Waals surface area contributed by atoms with Gasteiger partial charge in [0, 0.05) is 17.3 Å². The number of rotatable bonds is 3. The largest absolute Gasteiger partial charge is 0.378 e. The van der Waals surface area contributed by atoms with Crippen molar-refractivity contribution in [3.05, 3.63) is 33.7 Å². The van der Waals surface area contributed by atoms with E-state index in [1.54, 1.807) is 13.0 Å². The molecule has 2 fully saturated rings.